The predicted molar refractivity (Wildman–Crippen MR) is 94.4 cm³/mol. The highest BCUT2D eigenvalue weighted by Crippen LogP contribution is 2.30. The van der Waals surface area contributed by atoms with Gasteiger partial charge in [-0.15, -0.1) is 0 Å². The Balaban J connectivity index is 1.71. The third kappa shape index (κ3) is 3.93. The largest absolute Gasteiger partial charge is 0.495 e. The summed E-state index contributed by atoms with van der Waals surface area (Å²) < 4.78 is 38.6. The molecule has 6 nitrogen and oxygen atoms in total. The molecule has 1 aliphatic rings. The molecule has 0 aliphatic carbocycles. The lowest BCUT2D eigenvalue weighted by atomic mass is 10.1. The Morgan fingerprint density at radius 2 is 1.96 bits per heavy atom. The van der Waals surface area contributed by atoms with Crippen molar-refractivity contribution in [3.05, 3.63) is 48.3 Å². The first-order valence-corrected chi connectivity index (χ1v) is 9.66. The lowest BCUT2D eigenvalue weighted by Gasteiger charge is -2.31. The number of benzene rings is 1. The summed E-state index contributed by atoms with van der Waals surface area (Å²) in [4.78, 5) is 4.25. The number of nitrogens with zero attached hydrogens (tertiary/aromatic N) is 2. The third-order valence-corrected chi connectivity index (χ3v) is 6.19. The van der Waals surface area contributed by atoms with Gasteiger partial charge in [0.2, 0.25) is 10.0 Å². The zero-order valence-corrected chi connectivity index (χ0v) is 15.2. The SMILES string of the molecule is COc1ccc(C)cc1S(=O)(=O)N1CCC(Oc2cccnc2)CC1. The van der Waals surface area contributed by atoms with Gasteiger partial charge in [-0.2, -0.15) is 4.31 Å². The van der Waals surface area contributed by atoms with E-state index in [1.807, 2.05) is 25.1 Å². The molecule has 25 heavy (non-hydrogen) atoms. The molecule has 1 fully saturated rings. The van der Waals surface area contributed by atoms with Crippen LogP contribution in [0.1, 0.15) is 18.4 Å². The van der Waals surface area contributed by atoms with Gasteiger partial charge in [0.15, 0.2) is 0 Å². The number of sulfonamides is 1. The van der Waals surface area contributed by atoms with E-state index in [4.69, 9.17) is 9.47 Å². The molecule has 0 N–H and O–H groups in total. The first kappa shape index (κ1) is 17.7. The Bertz CT molecular complexity index is 816. The number of aromatic nitrogens is 1. The molecule has 0 saturated carbocycles. The Kier molecular flexibility index (Phi) is 5.24. The summed E-state index contributed by atoms with van der Waals surface area (Å²) >= 11 is 0. The average molecular weight is 362 g/mol. The van der Waals surface area contributed by atoms with Gasteiger partial charge in [-0.25, -0.2) is 8.42 Å². The fraction of sp³-hybridized carbons (Fsp3) is 0.389. The molecule has 0 amide bonds. The summed E-state index contributed by atoms with van der Waals surface area (Å²) in [5, 5.41) is 0. The van der Waals surface area contributed by atoms with Crippen LogP contribution in [0, 0.1) is 6.92 Å². The number of hydrogen-bond donors (Lipinski definition) is 0. The van der Waals surface area contributed by atoms with Crippen LogP contribution in [-0.4, -0.2) is 44.0 Å². The lowest BCUT2D eigenvalue weighted by molar-refractivity contribution is 0.134. The quantitative estimate of drug-likeness (QED) is 0.818. The molecule has 1 aromatic carbocycles. The molecule has 7 heteroatoms. The lowest BCUT2D eigenvalue weighted by Crippen LogP contribution is -2.41. The number of methoxy groups -OCH3 is 1. The van der Waals surface area contributed by atoms with Crippen LogP contribution in [0.2, 0.25) is 0 Å². The number of rotatable bonds is 5. The molecule has 1 aliphatic heterocycles. The first-order valence-electron chi connectivity index (χ1n) is 8.22. The minimum Gasteiger partial charge on any atom is -0.495 e. The van der Waals surface area contributed by atoms with Crippen molar-refractivity contribution in [2.45, 2.75) is 30.8 Å². The smallest absolute Gasteiger partial charge is 0.246 e. The molecule has 3 rings (SSSR count). The van der Waals surface area contributed by atoms with Crippen LogP contribution in [0.25, 0.3) is 0 Å². The van der Waals surface area contributed by atoms with E-state index in [0.717, 1.165) is 5.56 Å². The van der Waals surface area contributed by atoms with Gasteiger partial charge in [-0.05, 0) is 49.6 Å². The molecular weight excluding hydrogens is 340 g/mol. The second-order valence-corrected chi connectivity index (χ2v) is 7.97. The number of ether oxygens (including phenoxy) is 2. The van der Waals surface area contributed by atoms with Crippen molar-refractivity contribution >= 4 is 10.0 Å². The predicted octanol–water partition coefficient (Wildman–Crippen LogP) is 2.63. The monoisotopic (exact) mass is 362 g/mol. The number of pyridine rings is 1. The number of piperidine rings is 1. The van der Waals surface area contributed by atoms with Crippen molar-refractivity contribution in [3.8, 4) is 11.5 Å². The molecular formula is C18H22N2O4S. The number of hydrogen-bond acceptors (Lipinski definition) is 5. The second kappa shape index (κ2) is 7.41. The maximum atomic E-state index is 13.0. The standard InChI is InChI=1S/C18H22N2O4S/c1-14-5-6-17(23-2)18(12-14)25(21,22)20-10-7-15(8-11-20)24-16-4-3-9-19-13-16/h3-6,9,12-13,15H,7-8,10-11H2,1-2H3. The van der Waals surface area contributed by atoms with Crippen LogP contribution < -0.4 is 9.47 Å². The molecule has 2 aromatic rings. The van der Waals surface area contributed by atoms with E-state index in [0.29, 0.717) is 37.4 Å². The molecule has 0 bridgehead atoms. The van der Waals surface area contributed by atoms with Crippen LogP contribution in [0.5, 0.6) is 11.5 Å². The van der Waals surface area contributed by atoms with Gasteiger partial charge in [0.05, 0.1) is 13.3 Å². The van der Waals surface area contributed by atoms with E-state index in [-0.39, 0.29) is 11.0 Å². The van der Waals surface area contributed by atoms with E-state index < -0.39 is 10.0 Å². The van der Waals surface area contributed by atoms with Gasteiger partial charge in [0, 0.05) is 19.3 Å². The first-order chi connectivity index (χ1) is 12.0. The summed E-state index contributed by atoms with van der Waals surface area (Å²) in [7, 11) is -2.10. The molecule has 0 spiro atoms. The van der Waals surface area contributed by atoms with E-state index >= 15 is 0 Å². The average Bonchev–Trinajstić information content (AvgIpc) is 2.63. The van der Waals surface area contributed by atoms with Crippen LogP contribution >= 0.6 is 0 Å². The van der Waals surface area contributed by atoms with Crippen LogP contribution in [0.3, 0.4) is 0 Å². The van der Waals surface area contributed by atoms with Crippen LogP contribution in [0.15, 0.2) is 47.6 Å². The minimum atomic E-state index is -3.58. The van der Waals surface area contributed by atoms with E-state index in [1.165, 1.54) is 11.4 Å². The van der Waals surface area contributed by atoms with Gasteiger partial charge in [0.1, 0.15) is 22.5 Å². The van der Waals surface area contributed by atoms with Crippen molar-refractivity contribution < 1.29 is 17.9 Å². The van der Waals surface area contributed by atoms with Gasteiger partial charge in [0.25, 0.3) is 0 Å². The molecule has 1 aromatic heterocycles. The van der Waals surface area contributed by atoms with Gasteiger partial charge in [-0.1, -0.05) is 6.07 Å². The fourth-order valence-corrected chi connectivity index (χ4v) is 4.63. The van der Waals surface area contributed by atoms with Crippen molar-refractivity contribution in [1.29, 1.82) is 0 Å². The zero-order valence-electron chi connectivity index (χ0n) is 14.4. The third-order valence-electron chi connectivity index (χ3n) is 4.28. The minimum absolute atomic E-state index is 0.00458. The fourth-order valence-electron chi connectivity index (χ4n) is 2.92. The summed E-state index contributed by atoms with van der Waals surface area (Å²) in [6.07, 6.45) is 4.64. The molecule has 0 radical (unpaired) electrons. The van der Waals surface area contributed by atoms with Gasteiger partial charge >= 0.3 is 0 Å². The maximum Gasteiger partial charge on any atom is 0.246 e. The second-order valence-electron chi connectivity index (χ2n) is 6.06. The van der Waals surface area contributed by atoms with Gasteiger partial charge in [-0.3, -0.25) is 4.98 Å². The molecule has 2 heterocycles. The van der Waals surface area contributed by atoms with Crippen LogP contribution in [0.4, 0.5) is 0 Å². The van der Waals surface area contributed by atoms with Crippen LogP contribution in [-0.2, 0) is 10.0 Å². The Morgan fingerprint density at radius 1 is 1.20 bits per heavy atom. The summed E-state index contributed by atoms with van der Waals surface area (Å²) in [6, 6.07) is 8.87. The van der Waals surface area contributed by atoms with Crippen molar-refractivity contribution in [2.75, 3.05) is 20.2 Å². The van der Waals surface area contributed by atoms with E-state index in [2.05, 4.69) is 4.98 Å². The molecule has 0 unspecified atom stereocenters. The highest BCUT2D eigenvalue weighted by molar-refractivity contribution is 7.89. The molecule has 134 valence electrons. The Hall–Kier alpha value is -2.12. The molecule has 0 atom stereocenters. The normalized spacial score (nSPS) is 16.6. The van der Waals surface area contributed by atoms with Gasteiger partial charge < -0.3 is 9.47 Å². The zero-order chi connectivity index (χ0) is 17.9. The summed E-state index contributed by atoms with van der Waals surface area (Å²) in [6.45, 7) is 2.71. The van der Waals surface area contributed by atoms with Crippen molar-refractivity contribution in [3.63, 3.8) is 0 Å². The summed E-state index contributed by atoms with van der Waals surface area (Å²) in [5.74, 6) is 1.09. The van der Waals surface area contributed by atoms with Crippen molar-refractivity contribution in [2.24, 2.45) is 0 Å². The molecule has 1 saturated heterocycles. The topological polar surface area (TPSA) is 68.7 Å². The van der Waals surface area contributed by atoms with Crippen molar-refractivity contribution in [1.82, 2.24) is 9.29 Å². The Morgan fingerprint density at radius 3 is 2.60 bits per heavy atom. The highest BCUT2D eigenvalue weighted by atomic mass is 32.2. The Labute approximate surface area is 148 Å². The number of aryl methyl sites for hydroxylation is 1. The maximum absolute atomic E-state index is 13.0. The summed E-state index contributed by atoms with van der Waals surface area (Å²) in [5.41, 5.74) is 0.883. The highest BCUT2D eigenvalue weighted by Gasteiger charge is 2.32. The van der Waals surface area contributed by atoms with E-state index in [9.17, 15) is 8.42 Å². The van der Waals surface area contributed by atoms with E-state index in [1.54, 1.807) is 24.5 Å².